The van der Waals surface area contributed by atoms with Crippen molar-refractivity contribution in [2.45, 2.75) is 38.8 Å². The number of aliphatic carboxylic acids is 1. The zero-order chi connectivity index (χ0) is 14.3. The predicted molar refractivity (Wildman–Crippen MR) is 74.0 cm³/mol. The molecule has 0 saturated heterocycles. The summed E-state index contributed by atoms with van der Waals surface area (Å²) in [7, 11) is 0. The van der Waals surface area contributed by atoms with E-state index in [1.54, 1.807) is 0 Å². The first-order valence-corrected chi connectivity index (χ1v) is 7.22. The smallest absolute Gasteiger partial charge is 0.307 e. The van der Waals surface area contributed by atoms with Crippen LogP contribution in [-0.2, 0) is 22.6 Å². The summed E-state index contributed by atoms with van der Waals surface area (Å²) in [4.78, 5) is 25.4. The molecular formula is C16H19NO3. The molecular weight excluding hydrogens is 254 g/mol. The van der Waals surface area contributed by atoms with Gasteiger partial charge < -0.3 is 10.0 Å². The van der Waals surface area contributed by atoms with E-state index in [0.29, 0.717) is 13.0 Å². The molecule has 1 aliphatic heterocycles. The summed E-state index contributed by atoms with van der Waals surface area (Å²) in [5, 5.41) is 8.98. The lowest BCUT2D eigenvalue weighted by molar-refractivity contribution is -0.143. The number of carbonyl (C=O) groups excluding carboxylic acids is 1. The third-order valence-electron chi connectivity index (χ3n) is 4.53. The van der Waals surface area contributed by atoms with E-state index < -0.39 is 11.9 Å². The van der Waals surface area contributed by atoms with Crippen LogP contribution < -0.4 is 0 Å². The van der Waals surface area contributed by atoms with Crippen LogP contribution in [-0.4, -0.2) is 27.9 Å². The first-order valence-electron chi connectivity index (χ1n) is 7.22. The quantitative estimate of drug-likeness (QED) is 0.917. The molecule has 2 aliphatic rings. The molecule has 1 heterocycles. The molecule has 0 unspecified atom stereocenters. The number of carboxylic acid groups (broad SMARTS) is 1. The van der Waals surface area contributed by atoms with Gasteiger partial charge >= 0.3 is 5.97 Å². The molecule has 1 aliphatic carbocycles. The molecule has 4 heteroatoms. The predicted octanol–water partition coefficient (Wildman–Crippen LogP) is 2.07. The standard InChI is InChI=1S/C16H19NO3/c1-2-12-7-10-5-3-4-6-11(10)9-17(12)15(18)13-8-14(13)16(19)20/h3-6,12-14H,2,7-9H2,1H3,(H,19,20)/t12-,13-,14+/m1/s1. The van der Waals surface area contributed by atoms with Crippen molar-refractivity contribution in [3.8, 4) is 0 Å². The van der Waals surface area contributed by atoms with Gasteiger partial charge in [-0.2, -0.15) is 0 Å². The monoisotopic (exact) mass is 273 g/mol. The van der Waals surface area contributed by atoms with Crippen LogP contribution in [0, 0.1) is 11.8 Å². The summed E-state index contributed by atoms with van der Waals surface area (Å²) in [6.07, 6.45) is 2.29. The second-order valence-corrected chi connectivity index (χ2v) is 5.79. The molecule has 1 amide bonds. The van der Waals surface area contributed by atoms with E-state index in [2.05, 4.69) is 19.1 Å². The van der Waals surface area contributed by atoms with Gasteiger partial charge in [-0.15, -0.1) is 0 Å². The number of amides is 1. The van der Waals surface area contributed by atoms with Crippen molar-refractivity contribution in [1.29, 1.82) is 0 Å². The Balaban J connectivity index is 1.79. The molecule has 20 heavy (non-hydrogen) atoms. The molecule has 0 aromatic heterocycles. The van der Waals surface area contributed by atoms with E-state index in [0.717, 1.165) is 12.8 Å². The van der Waals surface area contributed by atoms with Crippen LogP contribution in [0.25, 0.3) is 0 Å². The van der Waals surface area contributed by atoms with Crippen molar-refractivity contribution in [3.63, 3.8) is 0 Å². The lowest BCUT2D eigenvalue weighted by Crippen LogP contribution is -2.45. The number of hydrogen-bond acceptors (Lipinski definition) is 2. The normalized spacial score (nSPS) is 27.9. The summed E-state index contributed by atoms with van der Waals surface area (Å²) < 4.78 is 0. The van der Waals surface area contributed by atoms with Gasteiger partial charge in [0.25, 0.3) is 0 Å². The summed E-state index contributed by atoms with van der Waals surface area (Å²) in [6, 6.07) is 8.41. The number of fused-ring (bicyclic) bond motifs is 1. The molecule has 0 radical (unpaired) electrons. The van der Waals surface area contributed by atoms with Crippen LogP contribution in [0.5, 0.6) is 0 Å². The summed E-state index contributed by atoms with van der Waals surface area (Å²) in [6.45, 7) is 2.71. The lowest BCUT2D eigenvalue weighted by Gasteiger charge is -2.36. The van der Waals surface area contributed by atoms with Crippen LogP contribution in [0.1, 0.15) is 30.9 Å². The maximum Gasteiger partial charge on any atom is 0.307 e. The maximum atomic E-state index is 12.5. The Morgan fingerprint density at radius 3 is 2.55 bits per heavy atom. The SMILES string of the molecule is CC[C@@H]1Cc2ccccc2CN1C(=O)[C@@H]1C[C@@H]1C(=O)O. The first kappa shape index (κ1) is 13.2. The minimum absolute atomic E-state index is 0.0266. The molecule has 1 fully saturated rings. The Labute approximate surface area is 118 Å². The lowest BCUT2D eigenvalue weighted by atomic mass is 9.92. The summed E-state index contributed by atoms with van der Waals surface area (Å²) in [5.74, 6) is -1.57. The number of benzene rings is 1. The van der Waals surface area contributed by atoms with Gasteiger partial charge in [0.1, 0.15) is 0 Å². The third-order valence-corrected chi connectivity index (χ3v) is 4.53. The van der Waals surface area contributed by atoms with E-state index in [-0.39, 0.29) is 17.9 Å². The number of rotatable bonds is 3. The van der Waals surface area contributed by atoms with Gasteiger partial charge in [-0.25, -0.2) is 0 Å². The second-order valence-electron chi connectivity index (χ2n) is 5.79. The van der Waals surface area contributed by atoms with E-state index in [1.165, 1.54) is 11.1 Å². The molecule has 1 N–H and O–H groups in total. The number of hydrogen-bond donors (Lipinski definition) is 1. The highest BCUT2D eigenvalue weighted by Crippen LogP contribution is 2.41. The van der Waals surface area contributed by atoms with Crippen molar-refractivity contribution < 1.29 is 14.7 Å². The van der Waals surface area contributed by atoms with Gasteiger partial charge in [0.15, 0.2) is 0 Å². The number of carbonyl (C=O) groups is 2. The van der Waals surface area contributed by atoms with Crippen LogP contribution >= 0.6 is 0 Å². The average Bonchev–Trinajstić information content (AvgIpc) is 3.25. The zero-order valence-electron chi connectivity index (χ0n) is 11.6. The van der Waals surface area contributed by atoms with Crippen LogP contribution in [0.3, 0.4) is 0 Å². The molecule has 0 bridgehead atoms. The Morgan fingerprint density at radius 2 is 1.95 bits per heavy atom. The fourth-order valence-electron chi connectivity index (χ4n) is 3.16. The largest absolute Gasteiger partial charge is 0.481 e. The average molecular weight is 273 g/mol. The maximum absolute atomic E-state index is 12.5. The number of carboxylic acids is 1. The fraction of sp³-hybridized carbons (Fsp3) is 0.500. The Morgan fingerprint density at radius 1 is 1.25 bits per heavy atom. The van der Waals surface area contributed by atoms with Gasteiger partial charge in [0.05, 0.1) is 11.8 Å². The van der Waals surface area contributed by atoms with Crippen molar-refractivity contribution in [1.82, 2.24) is 4.90 Å². The van der Waals surface area contributed by atoms with Crippen LogP contribution in [0.2, 0.25) is 0 Å². The fourth-order valence-corrected chi connectivity index (χ4v) is 3.16. The zero-order valence-corrected chi connectivity index (χ0v) is 11.6. The molecule has 3 rings (SSSR count). The topological polar surface area (TPSA) is 57.6 Å². The summed E-state index contributed by atoms with van der Waals surface area (Å²) >= 11 is 0. The molecule has 1 aromatic carbocycles. The van der Waals surface area contributed by atoms with E-state index >= 15 is 0 Å². The first-order chi connectivity index (χ1) is 9.61. The third kappa shape index (κ3) is 2.19. The minimum Gasteiger partial charge on any atom is -0.481 e. The highest BCUT2D eigenvalue weighted by Gasteiger charge is 2.50. The van der Waals surface area contributed by atoms with Crippen molar-refractivity contribution in [2.75, 3.05) is 0 Å². The van der Waals surface area contributed by atoms with E-state index in [9.17, 15) is 9.59 Å². The molecule has 1 aromatic rings. The van der Waals surface area contributed by atoms with E-state index in [4.69, 9.17) is 5.11 Å². The van der Waals surface area contributed by atoms with Gasteiger partial charge in [-0.1, -0.05) is 31.2 Å². The van der Waals surface area contributed by atoms with Crippen LogP contribution in [0.4, 0.5) is 0 Å². The van der Waals surface area contributed by atoms with E-state index in [1.807, 2.05) is 17.0 Å². The highest BCUT2D eigenvalue weighted by molar-refractivity contribution is 5.89. The second kappa shape index (κ2) is 4.93. The molecule has 106 valence electrons. The molecule has 1 saturated carbocycles. The van der Waals surface area contributed by atoms with Gasteiger partial charge in [-0.05, 0) is 30.4 Å². The molecule has 0 spiro atoms. The number of nitrogens with zero attached hydrogens (tertiary/aromatic N) is 1. The minimum atomic E-state index is -0.839. The van der Waals surface area contributed by atoms with Gasteiger partial charge in [0.2, 0.25) is 5.91 Å². The van der Waals surface area contributed by atoms with Crippen molar-refractivity contribution >= 4 is 11.9 Å². The Hall–Kier alpha value is -1.84. The molecule has 4 nitrogen and oxygen atoms in total. The Kier molecular flexibility index (Phi) is 3.24. The van der Waals surface area contributed by atoms with Crippen molar-refractivity contribution in [3.05, 3.63) is 35.4 Å². The van der Waals surface area contributed by atoms with Crippen molar-refractivity contribution in [2.24, 2.45) is 11.8 Å². The molecule has 3 atom stereocenters. The summed E-state index contributed by atoms with van der Waals surface area (Å²) in [5.41, 5.74) is 2.51. The van der Waals surface area contributed by atoms with Crippen LogP contribution in [0.15, 0.2) is 24.3 Å². The Bertz CT molecular complexity index is 554. The highest BCUT2D eigenvalue weighted by atomic mass is 16.4. The van der Waals surface area contributed by atoms with Gasteiger partial charge in [0, 0.05) is 12.6 Å². The van der Waals surface area contributed by atoms with Gasteiger partial charge in [-0.3, -0.25) is 9.59 Å².